The molecule has 0 saturated heterocycles. The van der Waals surface area contributed by atoms with Gasteiger partial charge in [0.05, 0.1) is 23.6 Å². The number of nitriles is 2. The van der Waals surface area contributed by atoms with Crippen LogP contribution in [-0.4, -0.2) is 0 Å². The smallest absolute Gasteiger partial charge is 0.0991 e. The van der Waals surface area contributed by atoms with Gasteiger partial charge in [-0.2, -0.15) is 10.5 Å². The molecular formula is C17H14N2. The highest BCUT2D eigenvalue weighted by atomic mass is 14.3. The summed E-state index contributed by atoms with van der Waals surface area (Å²) in [6.45, 7) is 4.07. The number of benzene rings is 2. The summed E-state index contributed by atoms with van der Waals surface area (Å²) < 4.78 is 0. The molecule has 2 nitrogen and oxygen atoms in total. The van der Waals surface area contributed by atoms with Gasteiger partial charge >= 0.3 is 0 Å². The Hall–Kier alpha value is -2.58. The predicted octanol–water partition coefficient (Wildman–Crippen LogP) is 3.83. The maximum absolute atomic E-state index is 9.44. The lowest BCUT2D eigenvalue weighted by atomic mass is 9.88. The monoisotopic (exact) mass is 246 g/mol. The van der Waals surface area contributed by atoms with E-state index in [1.807, 2.05) is 38.1 Å². The van der Waals surface area contributed by atoms with Gasteiger partial charge in [0.15, 0.2) is 0 Å². The molecule has 0 bridgehead atoms. The van der Waals surface area contributed by atoms with Crippen LogP contribution < -0.4 is 0 Å². The molecule has 2 rings (SSSR count). The number of aryl methyl sites for hydroxylation is 2. The zero-order valence-corrected chi connectivity index (χ0v) is 11.0. The highest BCUT2D eigenvalue weighted by Crippen LogP contribution is 2.27. The van der Waals surface area contributed by atoms with Crippen LogP contribution in [0, 0.1) is 36.5 Å². The van der Waals surface area contributed by atoms with E-state index in [1.165, 1.54) is 5.56 Å². The average Bonchev–Trinajstić information content (AvgIpc) is 2.42. The lowest BCUT2D eigenvalue weighted by molar-refractivity contribution is 1.02. The van der Waals surface area contributed by atoms with Gasteiger partial charge in [-0.25, -0.2) is 0 Å². The summed E-state index contributed by atoms with van der Waals surface area (Å²) in [5.74, 6) is -0.284. The zero-order valence-electron chi connectivity index (χ0n) is 11.0. The second-order valence-electron chi connectivity index (χ2n) is 4.66. The Morgan fingerprint density at radius 2 is 1.63 bits per heavy atom. The normalized spacial score (nSPS) is 11.4. The third-order valence-corrected chi connectivity index (χ3v) is 3.24. The highest BCUT2D eigenvalue weighted by Gasteiger charge is 2.15. The van der Waals surface area contributed by atoms with E-state index >= 15 is 0 Å². The molecule has 0 aliphatic rings. The van der Waals surface area contributed by atoms with Crippen molar-refractivity contribution in [1.29, 1.82) is 10.5 Å². The van der Waals surface area contributed by atoms with Gasteiger partial charge in [0.1, 0.15) is 0 Å². The molecule has 2 aromatic carbocycles. The van der Waals surface area contributed by atoms with Crippen LogP contribution in [0.15, 0.2) is 42.5 Å². The molecule has 92 valence electrons. The second-order valence-corrected chi connectivity index (χ2v) is 4.66. The fourth-order valence-electron chi connectivity index (χ4n) is 2.22. The van der Waals surface area contributed by atoms with E-state index in [0.29, 0.717) is 5.56 Å². The van der Waals surface area contributed by atoms with Crippen LogP contribution in [0.3, 0.4) is 0 Å². The Balaban J connectivity index is 2.45. The van der Waals surface area contributed by atoms with Gasteiger partial charge in [-0.1, -0.05) is 35.9 Å². The SMILES string of the molecule is Cc1ccc(C(C#N)c2ccc(C#N)cc2)c(C)c1. The Labute approximate surface area is 113 Å². The second kappa shape index (κ2) is 5.38. The van der Waals surface area contributed by atoms with E-state index < -0.39 is 0 Å². The average molecular weight is 246 g/mol. The fraction of sp³-hybridized carbons (Fsp3) is 0.176. The zero-order chi connectivity index (χ0) is 13.8. The summed E-state index contributed by atoms with van der Waals surface area (Å²) in [6, 6.07) is 17.8. The van der Waals surface area contributed by atoms with Gasteiger partial charge in [-0.3, -0.25) is 0 Å². The van der Waals surface area contributed by atoms with Crippen LogP contribution in [-0.2, 0) is 0 Å². The molecule has 0 aliphatic heterocycles. The van der Waals surface area contributed by atoms with E-state index in [1.54, 1.807) is 12.1 Å². The van der Waals surface area contributed by atoms with Crippen LogP contribution in [0.25, 0.3) is 0 Å². The number of rotatable bonds is 2. The molecule has 0 saturated carbocycles. The maximum atomic E-state index is 9.44. The van der Waals surface area contributed by atoms with E-state index in [2.05, 4.69) is 18.2 Å². The van der Waals surface area contributed by atoms with Crippen molar-refractivity contribution in [3.05, 3.63) is 70.3 Å². The number of nitrogens with zero attached hydrogens (tertiary/aromatic N) is 2. The maximum Gasteiger partial charge on any atom is 0.0991 e. The van der Waals surface area contributed by atoms with Crippen molar-refractivity contribution in [3.8, 4) is 12.1 Å². The summed E-state index contributed by atoms with van der Waals surface area (Å²) >= 11 is 0. The fourth-order valence-corrected chi connectivity index (χ4v) is 2.22. The standard InChI is InChI=1S/C17H14N2/c1-12-3-8-16(13(2)9-12)17(11-19)15-6-4-14(10-18)5-7-15/h3-9,17H,1-2H3. The van der Waals surface area contributed by atoms with Crippen LogP contribution in [0.5, 0.6) is 0 Å². The summed E-state index contributed by atoms with van der Waals surface area (Å²) in [6.07, 6.45) is 0. The van der Waals surface area contributed by atoms with Gasteiger partial charge in [0.2, 0.25) is 0 Å². The first-order valence-electron chi connectivity index (χ1n) is 6.12. The van der Waals surface area contributed by atoms with Gasteiger partial charge in [0.25, 0.3) is 0 Å². The molecule has 2 aromatic rings. The number of hydrogen-bond donors (Lipinski definition) is 0. The lowest BCUT2D eigenvalue weighted by Gasteiger charge is -2.13. The first-order chi connectivity index (χ1) is 9.15. The van der Waals surface area contributed by atoms with Crippen LogP contribution >= 0.6 is 0 Å². The Morgan fingerprint density at radius 3 is 2.16 bits per heavy atom. The van der Waals surface area contributed by atoms with Crippen LogP contribution in [0.4, 0.5) is 0 Å². The van der Waals surface area contributed by atoms with Crippen LogP contribution in [0.2, 0.25) is 0 Å². The minimum atomic E-state index is -0.284. The Bertz CT molecular complexity index is 670. The van der Waals surface area contributed by atoms with Crippen molar-refractivity contribution in [1.82, 2.24) is 0 Å². The van der Waals surface area contributed by atoms with E-state index in [-0.39, 0.29) is 5.92 Å². The van der Waals surface area contributed by atoms with Crippen LogP contribution in [0.1, 0.15) is 33.7 Å². The number of hydrogen-bond acceptors (Lipinski definition) is 2. The van der Waals surface area contributed by atoms with Gasteiger partial charge in [-0.15, -0.1) is 0 Å². The third-order valence-electron chi connectivity index (χ3n) is 3.24. The first-order valence-corrected chi connectivity index (χ1v) is 6.12. The molecule has 0 N–H and O–H groups in total. The molecular weight excluding hydrogens is 232 g/mol. The molecule has 0 heterocycles. The quantitative estimate of drug-likeness (QED) is 0.808. The molecule has 19 heavy (non-hydrogen) atoms. The van der Waals surface area contributed by atoms with Gasteiger partial charge < -0.3 is 0 Å². The summed E-state index contributed by atoms with van der Waals surface area (Å²) in [7, 11) is 0. The van der Waals surface area contributed by atoms with Gasteiger partial charge in [0, 0.05) is 0 Å². The van der Waals surface area contributed by atoms with Crippen molar-refractivity contribution in [3.63, 3.8) is 0 Å². The van der Waals surface area contributed by atoms with E-state index in [9.17, 15) is 5.26 Å². The van der Waals surface area contributed by atoms with Crippen molar-refractivity contribution in [2.75, 3.05) is 0 Å². The van der Waals surface area contributed by atoms with Crippen molar-refractivity contribution >= 4 is 0 Å². The largest absolute Gasteiger partial charge is 0.197 e. The lowest BCUT2D eigenvalue weighted by Crippen LogP contribution is -2.01. The highest BCUT2D eigenvalue weighted by molar-refractivity contribution is 5.45. The summed E-state index contributed by atoms with van der Waals surface area (Å²) in [5.41, 5.74) is 4.88. The molecule has 0 radical (unpaired) electrons. The summed E-state index contributed by atoms with van der Waals surface area (Å²) in [5, 5.41) is 18.2. The van der Waals surface area contributed by atoms with Gasteiger partial charge in [-0.05, 0) is 42.7 Å². The molecule has 2 heteroatoms. The van der Waals surface area contributed by atoms with Crippen molar-refractivity contribution in [2.45, 2.75) is 19.8 Å². The van der Waals surface area contributed by atoms with E-state index in [4.69, 9.17) is 5.26 Å². The Kier molecular flexibility index (Phi) is 3.64. The van der Waals surface area contributed by atoms with E-state index in [0.717, 1.165) is 16.7 Å². The Morgan fingerprint density at radius 1 is 0.947 bits per heavy atom. The molecule has 0 aromatic heterocycles. The molecule has 0 amide bonds. The molecule has 0 spiro atoms. The minimum Gasteiger partial charge on any atom is -0.197 e. The van der Waals surface area contributed by atoms with Crippen molar-refractivity contribution in [2.24, 2.45) is 0 Å². The molecule has 1 unspecified atom stereocenters. The molecule has 0 aliphatic carbocycles. The van der Waals surface area contributed by atoms with Crippen molar-refractivity contribution < 1.29 is 0 Å². The molecule has 0 fully saturated rings. The predicted molar refractivity (Wildman–Crippen MR) is 74.5 cm³/mol. The minimum absolute atomic E-state index is 0.284. The molecule has 1 atom stereocenters. The third kappa shape index (κ3) is 2.64. The topological polar surface area (TPSA) is 47.6 Å². The first kappa shape index (κ1) is 12.9. The summed E-state index contributed by atoms with van der Waals surface area (Å²) in [4.78, 5) is 0.